The summed E-state index contributed by atoms with van der Waals surface area (Å²) < 4.78 is 35.8. The topological polar surface area (TPSA) is 52.6 Å². The molecule has 0 N–H and O–H groups in total. The summed E-state index contributed by atoms with van der Waals surface area (Å²) >= 11 is 0. The van der Waals surface area contributed by atoms with Crippen LogP contribution in [-0.2, 0) is 21.5 Å². The normalized spacial score (nSPS) is 12.5. The Balaban J connectivity index is 1.70. The molecule has 0 amide bonds. The zero-order valence-electron chi connectivity index (χ0n) is 14.4. The van der Waals surface area contributed by atoms with Crippen molar-refractivity contribution in [2.75, 3.05) is 0 Å². The van der Waals surface area contributed by atoms with Gasteiger partial charge in [-0.25, -0.2) is 0 Å². The van der Waals surface area contributed by atoms with Crippen LogP contribution >= 0.6 is 0 Å². The van der Waals surface area contributed by atoms with E-state index >= 15 is 0 Å². The minimum Gasteiger partial charge on any atom is -0.379 e. The SMILES string of the molecule is CC(OCc1ccccc1)c1cccc(OS(=O)(=O)c2ccccc2)c1. The summed E-state index contributed by atoms with van der Waals surface area (Å²) in [5, 5.41) is 0. The van der Waals surface area contributed by atoms with Gasteiger partial charge in [0.05, 0.1) is 12.7 Å². The Morgan fingerprint density at radius 2 is 1.50 bits per heavy atom. The molecule has 0 aromatic heterocycles. The van der Waals surface area contributed by atoms with Crippen molar-refractivity contribution in [3.63, 3.8) is 0 Å². The average molecular weight is 368 g/mol. The van der Waals surface area contributed by atoms with Gasteiger partial charge in [0, 0.05) is 0 Å². The van der Waals surface area contributed by atoms with Crippen LogP contribution in [0.1, 0.15) is 24.2 Å². The number of benzene rings is 3. The highest BCUT2D eigenvalue weighted by molar-refractivity contribution is 7.87. The van der Waals surface area contributed by atoms with Crippen molar-refractivity contribution >= 4 is 10.1 Å². The van der Waals surface area contributed by atoms with E-state index < -0.39 is 10.1 Å². The summed E-state index contributed by atoms with van der Waals surface area (Å²) in [4.78, 5) is 0.124. The highest BCUT2D eigenvalue weighted by Crippen LogP contribution is 2.25. The maximum atomic E-state index is 12.3. The highest BCUT2D eigenvalue weighted by Gasteiger charge is 2.17. The third-order valence-corrected chi connectivity index (χ3v) is 5.17. The third kappa shape index (κ3) is 4.71. The minimum atomic E-state index is -3.85. The lowest BCUT2D eigenvalue weighted by atomic mass is 10.1. The van der Waals surface area contributed by atoms with E-state index in [9.17, 15) is 8.42 Å². The van der Waals surface area contributed by atoms with Gasteiger partial charge in [0.1, 0.15) is 10.6 Å². The maximum Gasteiger partial charge on any atom is 0.339 e. The summed E-state index contributed by atoms with van der Waals surface area (Å²) in [6.45, 7) is 2.41. The first-order valence-corrected chi connectivity index (χ1v) is 9.70. The summed E-state index contributed by atoms with van der Waals surface area (Å²) in [6, 6.07) is 24.9. The van der Waals surface area contributed by atoms with E-state index in [-0.39, 0.29) is 16.7 Å². The molecule has 0 bridgehead atoms. The standard InChI is InChI=1S/C21H20O4S/c1-17(24-16-18-9-4-2-5-10-18)19-11-8-12-20(15-19)25-26(22,23)21-13-6-3-7-14-21/h2-15,17H,16H2,1H3. The van der Waals surface area contributed by atoms with Gasteiger partial charge in [-0.1, -0.05) is 60.7 Å². The van der Waals surface area contributed by atoms with Crippen LogP contribution in [0.4, 0.5) is 0 Å². The van der Waals surface area contributed by atoms with Crippen molar-refractivity contribution in [1.82, 2.24) is 0 Å². The number of hydrogen-bond acceptors (Lipinski definition) is 4. The van der Waals surface area contributed by atoms with Crippen molar-refractivity contribution in [3.8, 4) is 5.75 Å². The summed E-state index contributed by atoms with van der Waals surface area (Å²) in [6.07, 6.45) is -0.196. The van der Waals surface area contributed by atoms with Gasteiger partial charge in [0.15, 0.2) is 0 Å². The van der Waals surface area contributed by atoms with Gasteiger partial charge in [0.25, 0.3) is 0 Å². The first kappa shape index (κ1) is 18.2. The Bertz CT molecular complexity index is 938. The smallest absolute Gasteiger partial charge is 0.339 e. The fourth-order valence-electron chi connectivity index (χ4n) is 2.47. The predicted octanol–water partition coefficient (Wildman–Crippen LogP) is 4.73. The zero-order valence-corrected chi connectivity index (χ0v) is 15.2. The molecule has 26 heavy (non-hydrogen) atoms. The predicted molar refractivity (Wildman–Crippen MR) is 100 cm³/mol. The van der Waals surface area contributed by atoms with E-state index in [0.29, 0.717) is 6.61 Å². The number of hydrogen-bond donors (Lipinski definition) is 0. The van der Waals surface area contributed by atoms with Gasteiger partial charge in [-0.05, 0) is 42.3 Å². The van der Waals surface area contributed by atoms with Gasteiger partial charge >= 0.3 is 10.1 Å². The lowest BCUT2D eigenvalue weighted by Gasteiger charge is -2.15. The van der Waals surface area contributed by atoms with Gasteiger partial charge in [-0.2, -0.15) is 8.42 Å². The average Bonchev–Trinajstić information content (AvgIpc) is 2.67. The van der Waals surface area contributed by atoms with Crippen LogP contribution < -0.4 is 4.18 Å². The molecule has 0 aliphatic heterocycles. The summed E-state index contributed by atoms with van der Waals surface area (Å²) in [7, 11) is -3.85. The summed E-state index contributed by atoms with van der Waals surface area (Å²) in [5.41, 5.74) is 1.93. The van der Waals surface area contributed by atoms with Crippen LogP contribution in [0, 0.1) is 0 Å². The molecular weight excluding hydrogens is 348 g/mol. The van der Waals surface area contributed by atoms with Crippen LogP contribution in [0.3, 0.4) is 0 Å². The van der Waals surface area contributed by atoms with Crippen molar-refractivity contribution in [2.45, 2.75) is 24.5 Å². The quantitative estimate of drug-likeness (QED) is 0.566. The lowest BCUT2D eigenvalue weighted by molar-refractivity contribution is 0.0525. The molecule has 0 saturated heterocycles. The molecule has 134 valence electrons. The molecule has 0 radical (unpaired) electrons. The van der Waals surface area contributed by atoms with Crippen LogP contribution in [-0.4, -0.2) is 8.42 Å². The Hall–Kier alpha value is -2.63. The Morgan fingerprint density at radius 1 is 0.846 bits per heavy atom. The van der Waals surface area contributed by atoms with Crippen LogP contribution in [0.15, 0.2) is 89.8 Å². The van der Waals surface area contributed by atoms with E-state index in [1.165, 1.54) is 12.1 Å². The summed E-state index contributed by atoms with van der Waals surface area (Å²) in [5.74, 6) is 0.265. The first-order chi connectivity index (χ1) is 12.5. The van der Waals surface area contributed by atoms with Crippen LogP contribution in [0.2, 0.25) is 0 Å². The molecule has 3 rings (SSSR count). The van der Waals surface area contributed by atoms with Crippen molar-refractivity contribution < 1.29 is 17.3 Å². The number of rotatable bonds is 7. The van der Waals surface area contributed by atoms with Crippen LogP contribution in [0.25, 0.3) is 0 Å². The first-order valence-electron chi connectivity index (χ1n) is 8.29. The van der Waals surface area contributed by atoms with E-state index in [1.807, 2.05) is 43.3 Å². The Morgan fingerprint density at radius 3 is 2.19 bits per heavy atom. The second-order valence-corrected chi connectivity index (χ2v) is 7.41. The molecule has 0 fully saturated rings. The monoisotopic (exact) mass is 368 g/mol. The van der Waals surface area contributed by atoms with E-state index in [4.69, 9.17) is 8.92 Å². The molecule has 5 heteroatoms. The molecule has 1 atom stereocenters. The molecule has 0 saturated carbocycles. The van der Waals surface area contributed by atoms with E-state index in [1.54, 1.807) is 36.4 Å². The molecule has 4 nitrogen and oxygen atoms in total. The second kappa shape index (κ2) is 8.17. The number of ether oxygens (including phenoxy) is 1. The molecule has 3 aromatic carbocycles. The van der Waals surface area contributed by atoms with Crippen molar-refractivity contribution in [2.24, 2.45) is 0 Å². The van der Waals surface area contributed by atoms with E-state index in [0.717, 1.165) is 11.1 Å². The Kier molecular flexibility index (Phi) is 5.71. The van der Waals surface area contributed by atoms with Crippen molar-refractivity contribution in [3.05, 3.63) is 96.1 Å². The zero-order chi connectivity index (χ0) is 18.4. The van der Waals surface area contributed by atoms with Gasteiger partial charge in [-0.15, -0.1) is 0 Å². The lowest BCUT2D eigenvalue weighted by Crippen LogP contribution is -2.10. The largest absolute Gasteiger partial charge is 0.379 e. The fourth-order valence-corrected chi connectivity index (χ4v) is 3.42. The molecule has 3 aromatic rings. The second-order valence-electron chi connectivity index (χ2n) is 5.86. The molecule has 1 unspecified atom stereocenters. The van der Waals surface area contributed by atoms with Crippen LogP contribution in [0.5, 0.6) is 5.75 Å². The third-order valence-electron chi connectivity index (χ3n) is 3.91. The molecule has 0 heterocycles. The Labute approximate surface area is 154 Å². The molecule has 0 aliphatic rings. The van der Waals surface area contributed by atoms with Crippen molar-refractivity contribution in [1.29, 1.82) is 0 Å². The van der Waals surface area contributed by atoms with Gasteiger partial charge < -0.3 is 8.92 Å². The van der Waals surface area contributed by atoms with Gasteiger partial charge in [-0.3, -0.25) is 0 Å². The highest BCUT2D eigenvalue weighted by atomic mass is 32.2. The maximum absolute atomic E-state index is 12.3. The fraction of sp³-hybridized carbons (Fsp3) is 0.143. The van der Waals surface area contributed by atoms with Gasteiger partial charge in [0.2, 0.25) is 0 Å². The molecule has 0 spiro atoms. The minimum absolute atomic E-state index is 0.124. The molecular formula is C21H20O4S. The molecule has 0 aliphatic carbocycles. The van der Waals surface area contributed by atoms with E-state index in [2.05, 4.69) is 0 Å².